The van der Waals surface area contributed by atoms with Crippen LogP contribution in [0.5, 0.6) is 0 Å². The van der Waals surface area contributed by atoms with Gasteiger partial charge in [-0.3, -0.25) is 4.90 Å². The first-order valence-electron chi connectivity index (χ1n) is 8.35. The summed E-state index contributed by atoms with van der Waals surface area (Å²) < 4.78 is 1.16. The highest BCUT2D eigenvalue weighted by Crippen LogP contribution is 2.24. The maximum absolute atomic E-state index is 5.76. The van der Waals surface area contributed by atoms with E-state index in [0.717, 1.165) is 53.3 Å². The van der Waals surface area contributed by atoms with E-state index in [1.807, 2.05) is 36.5 Å². The molecule has 0 atom stereocenters. The standard InChI is InChI=1S/C20H19BrN4/c21-18-4-2-1-3-15(18)12-25-10-9-19-16(13-25)11-23-20(24-19)14-5-7-17(22)8-6-14/h1-8,11H,9-10,12-13,22H2. The van der Waals surface area contributed by atoms with Gasteiger partial charge in [-0.2, -0.15) is 0 Å². The molecule has 4 nitrogen and oxygen atoms in total. The number of nitrogens with zero attached hydrogens (tertiary/aromatic N) is 3. The summed E-state index contributed by atoms with van der Waals surface area (Å²) >= 11 is 3.63. The molecular weight excluding hydrogens is 376 g/mol. The summed E-state index contributed by atoms with van der Waals surface area (Å²) in [4.78, 5) is 11.8. The Labute approximate surface area is 155 Å². The number of nitrogen functional groups attached to an aromatic ring is 1. The van der Waals surface area contributed by atoms with Gasteiger partial charge in [0, 0.05) is 53.5 Å². The Hall–Kier alpha value is -2.24. The Morgan fingerprint density at radius 1 is 1.08 bits per heavy atom. The third kappa shape index (κ3) is 3.57. The monoisotopic (exact) mass is 394 g/mol. The molecule has 1 aromatic heterocycles. The van der Waals surface area contributed by atoms with Gasteiger partial charge in [-0.05, 0) is 35.9 Å². The maximum atomic E-state index is 5.76. The zero-order valence-corrected chi connectivity index (χ0v) is 15.4. The van der Waals surface area contributed by atoms with Crippen LogP contribution in [0.1, 0.15) is 16.8 Å². The van der Waals surface area contributed by atoms with Crippen molar-refractivity contribution in [1.29, 1.82) is 0 Å². The quantitative estimate of drug-likeness (QED) is 0.680. The Kier molecular flexibility index (Phi) is 4.51. The van der Waals surface area contributed by atoms with Gasteiger partial charge in [-0.25, -0.2) is 9.97 Å². The third-order valence-electron chi connectivity index (χ3n) is 4.53. The number of hydrogen-bond acceptors (Lipinski definition) is 4. The molecule has 1 aliphatic rings. The van der Waals surface area contributed by atoms with Gasteiger partial charge in [-0.1, -0.05) is 34.1 Å². The highest BCUT2D eigenvalue weighted by molar-refractivity contribution is 9.10. The zero-order valence-electron chi connectivity index (χ0n) is 13.8. The third-order valence-corrected chi connectivity index (χ3v) is 5.31. The van der Waals surface area contributed by atoms with Crippen molar-refractivity contribution in [3.05, 3.63) is 76.0 Å². The minimum Gasteiger partial charge on any atom is -0.399 e. The molecule has 126 valence electrons. The number of benzene rings is 2. The van der Waals surface area contributed by atoms with Gasteiger partial charge in [0.25, 0.3) is 0 Å². The molecule has 0 aliphatic carbocycles. The van der Waals surface area contributed by atoms with Crippen LogP contribution in [0.25, 0.3) is 11.4 Å². The van der Waals surface area contributed by atoms with Crippen molar-refractivity contribution in [2.45, 2.75) is 19.5 Å². The highest BCUT2D eigenvalue weighted by atomic mass is 79.9. The van der Waals surface area contributed by atoms with E-state index in [0.29, 0.717) is 0 Å². The summed E-state index contributed by atoms with van der Waals surface area (Å²) in [6.07, 6.45) is 2.92. The molecule has 0 saturated heterocycles. The van der Waals surface area contributed by atoms with E-state index in [9.17, 15) is 0 Å². The van der Waals surface area contributed by atoms with E-state index in [-0.39, 0.29) is 0 Å². The second kappa shape index (κ2) is 6.94. The van der Waals surface area contributed by atoms with Crippen molar-refractivity contribution in [3.8, 4) is 11.4 Å². The number of hydrogen-bond donors (Lipinski definition) is 1. The van der Waals surface area contributed by atoms with E-state index in [1.54, 1.807) is 0 Å². The van der Waals surface area contributed by atoms with Gasteiger partial charge in [0.2, 0.25) is 0 Å². The molecule has 2 aromatic carbocycles. The molecule has 2 heterocycles. The van der Waals surface area contributed by atoms with E-state index >= 15 is 0 Å². The first-order valence-corrected chi connectivity index (χ1v) is 9.15. The molecule has 0 spiro atoms. The minimum atomic E-state index is 0.754. The topological polar surface area (TPSA) is 55.0 Å². The number of rotatable bonds is 3. The Balaban J connectivity index is 1.52. The average Bonchev–Trinajstić information content (AvgIpc) is 2.64. The van der Waals surface area contributed by atoms with Gasteiger partial charge in [0.15, 0.2) is 5.82 Å². The number of fused-ring (bicyclic) bond motifs is 1. The summed E-state index contributed by atoms with van der Waals surface area (Å²) in [6.45, 7) is 2.83. The number of anilines is 1. The summed E-state index contributed by atoms with van der Waals surface area (Å²) in [5.74, 6) is 0.776. The van der Waals surface area contributed by atoms with Crippen LogP contribution in [0, 0.1) is 0 Å². The summed E-state index contributed by atoms with van der Waals surface area (Å²) in [5, 5.41) is 0. The minimum absolute atomic E-state index is 0.754. The fourth-order valence-electron chi connectivity index (χ4n) is 3.15. The molecule has 0 amide bonds. The molecular formula is C20H19BrN4. The van der Waals surface area contributed by atoms with E-state index < -0.39 is 0 Å². The van der Waals surface area contributed by atoms with Crippen molar-refractivity contribution in [2.24, 2.45) is 0 Å². The van der Waals surface area contributed by atoms with E-state index in [2.05, 4.69) is 44.0 Å². The van der Waals surface area contributed by atoms with Gasteiger partial charge >= 0.3 is 0 Å². The van der Waals surface area contributed by atoms with Gasteiger partial charge in [0.05, 0.1) is 5.69 Å². The largest absolute Gasteiger partial charge is 0.399 e. The number of aromatic nitrogens is 2. The van der Waals surface area contributed by atoms with Crippen molar-refractivity contribution in [3.63, 3.8) is 0 Å². The lowest BCUT2D eigenvalue weighted by Gasteiger charge is -2.28. The van der Waals surface area contributed by atoms with Crippen LogP contribution in [-0.2, 0) is 19.5 Å². The van der Waals surface area contributed by atoms with Crippen molar-refractivity contribution < 1.29 is 0 Å². The lowest BCUT2D eigenvalue weighted by Crippen LogP contribution is -2.31. The van der Waals surface area contributed by atoms with Crippen LogP contribution in [0.3, 0.4) is 0 Å². The van der Waals surface area contributed by atoms with Crippen LogP contribution in [0.2, 0.25) is 0 Å². The molecule has 0 radical (unpaired) electrons. The first kappa shape index (κ1) is 16.2. The summed E-state index contributed by atoms with van der Waals surface area (Å²) in [6, 6.07) is 16.1. The molecule has 0 unspecified atom stereocenters. The van der Waals surface area contributed by atoms with Crippen molar-refractivity contribution in [1.82, 2.24) is 14.9 Å². The normalized spacial score (nSPS) is 14.3. The fraction of sp³-hybridized carbons (Fsp3) is 0.200. The van der Waals surface area contributed by atoms with Crippen LogP contribution in [0.4, 0.5) is 5.69 Å². The van der Waals surface area contributed by atoms with Crippen molar-refractivity contribution >= 4 is 21.6 Å². The van der Waals surface area contributed by atoms with E-state index in [4.69, 9.17) is 10.7 Å². The molecule has 0 bridgehead atoms. The second-order valence-electron chi connectivity index (χ2n) is 6.34. The Morgan fingerprint density at radius 2 is 1.88 bits per heavy atom. The first-order chi connectivity index (χ1) is 12.2. The predicted octanol–water partition coefficient (Wildman–Crippen LogP) is 4.05. The van der Waals surface area contributed by atoms with E-state index in [1.165, 1.54) is 11.1 Å². The molecule has 5 heteroatoms. The molecule has 1 aliphatic heterocycles. The number of halogens is 1. The summed E-state index contributed by atoms with van der Waals surface area (Å²) in [7, 11) is 0. The fourth-order valence-corrected chi connectivity index (χ4v) is 3.56. The van der Waals surface area contributed by atoms with Crippen LogP contribution in [0.15, 0.2) is 59.2 Å². The molecule has 2 N–H and O–H groups in total. The van der Waals surface area contributed by atoms with Gasteiger partial charge in [0.1, 0.15) is 0 Å². The Bertz CT molecular complexity index is 892. The van der Waals surface area contributed by atoms with Crippen LogP contribution < -0.4 is 5.73 Å². The lowest BCUT2D eigenvalue weighted by molar-refractivity contribution is 0.242. The zero-order chi connectivity index (χ0) is 17.2. The molecule has 25 heavy (non-hydrogen) atoms. The predicted molar refractivity (Wildman–Crippen MR) is 104 cm³/mol. The average molecular weight is 395 g/mol. The molecule has 0 fully saturated rings. The van der Waals surface area contributed by atoms with Crippen LogP contribution in [-0.4, -0.2) is 21.4 Å². The summed E-state index contributed by atoms with van der Waals surface area (Å²) in [5.41, 5.74) is 11.2. The maximum Gasteiger partial charge on any atom is 0.159 e. The molecule has 4 rings (SSSR count). The second-order valence-corrected chi connectivity index (χ2v) is 7.19. The molecule has 0 saturated carbocycles. The van der Waals surface area contributed by atoms with Crippen molar-refractivity contribution in [2.75, 3.05) is 12.3 Å². The smallest absolute Gasteiger partial charge is 0.159 e. The van der Waals surface area contributed by atoms with Crippen LogP contribution >= 0.6 is 15.9 Å². The number of nitrogens with two attached hydrogens (primary N) is 1. The highest BCUT2D eigenvalue weighted by Gasteiger charge is 2.19. The molecule has 3 aromatic rings. The Morgan fingerprint density at radius 3 is 2.68 bits per heavy atom. The van der Waals surface area contributed by atoms with Gasteiger partial charge < -0.3 is 5.73 Å². The lowest BCUT2D eigenvalue weighted by atomic mass is 10.1. The SMILES string of the molecule is Nc1ccc(-c2ncc3c(n2)CCN(Cc2ccccc2Br)C3)cc1. The van der Waals surface area contributed by atoms with Gasteiger partial charge in [-0.15, -0.1) is 0 Å².